The second-order valence-corrected chi connectivity index (χ2v) is 5.88. The van der Waals surface area contributed by atoms with E-state index in [-0.39, 0.29) is 18.4 Å². The first kappa shape index (κ1) is 19.3. The Bertz CT molecular complexity index is 722. The molecule has 0 radical (unpaired) electrons. The third-order valence-electron chi connectivity index (χ3n) is 3.94. The number of amides is 2. The third-order valence-corrected chi connectivity index (χ3v) is 3.94. The molecule has 138 valence electrons. The van der Waals surface area contributed by atoms with Crippen molar-refractivity contribution in [3.8, 4) is 0 Å². The molecule has 6 nitrogen and oxygen atoms in total. The first-order valence-corrected chi connectivity index (χ1v) is 8.78. The normalized spacial score (nSPS) is 10.1. The number of hydrogen-bond acceptors (Lipinski definition) is 4. The number of nitrogens with zero attached hydrogens (tertiary/aromatic N) is 1. The molecule has 0 unspecified atom stereocenters. The van der Waals surface area contributed by atoms with E-state index < -0.39 is 0 Å². The molecular weight excluding hydrogens is 328 g/mol. The zero-order valence-corrected chi connectivity index (χ0v) is 15.5. The summed E-state index contributed by atoms with van der Waals surface area (Å²) in [5.74, 6) is -0.233. The van der Waals surface area contributed by atoms with Crippen LogP contribution in [0.4, 0.5) is 22.7 Å². The standard InChI is InChI=1S/C20H26N4O2/c1-4-24(5-2)19-12-10-18(11-13-19)23-20(26)14-21-16-6-8-17(9-7-16)22-15(3)25/h6-13,21H,4-5,14H2,1-3H3,(H,22,25)(H,23,26). The van der Waals surface area contributed by atoms with Crippen LogP contribution < -0.4 is 20.9 Å². The van der Waals surface area contributed by atoms with Crippen LogP contribution in [-0.4, -0.2) is 31.4 Å². The van der Waals surface area contributed by atoms with Gasteiger partial charge in [-0.25, -0.2) is 0 Å². The Kier molecular flexibility index (Phi) is 7.02. The molecule has 0 fully saturated rings. The van der Waals surface area contributed by atoms with Crippen LogP contribution in [0.3, 0.4) is 0 Å². The molecule has 3 N–H and O–H groups in total. The van der Waals surface area contributed by atoms with Gasteiger partial charge in [0.15, 0.2) is 0 Å². The largest absolute Gasteiger partial charge is 0.376 e. The molecule has 2 amide bonds. The predicted molar refractivity (Wildman–Crippen MR) is 108 cm³/mol. The lowest BCUT2D eigenvalue weighted by atomic mass is 10.2. The van der Waals surface area contributed by atoms with E-state index in [1.165, 1.54) is 6.92 Å². The van der Waals surface area contributed by atoms with E-state index in [0.717, 1.165) is 35.8 Å². The SMILES string of the molecule is CCN(CC)c1ccc(NC(=O)CNc2ccc(NC(C)=O)cc2)cc1. The molecule has 0 aliphatic rings. The van der Waals surface area contributed by atoms with Gasteiger partial charge >= 0.3 is 0 Å². The smallest absolute Gasteiger partial charge is 0.243 e. The Balaban J connectivity index is 1.84. The van der Waals surface area contributed by atoms with Crippen molar-refractivity contribution >= 4 is 34.6 Å². The molecule has 0 aromatic heterocycles. The highest BCUT2D eigenvalue weighted by atomic mass is 16.2. The van der Waals surface area contributed by atoms with E-state index >= 15 is 0 Å². The second kappa shape index (κ2) is 9.46. The molecule has 0 aliphatic carbocycles. The van der Waals surface area contributed by atoms with E-state index in [0.29, 0.717) is 0 Å². The monoisotopic (exact) mass is 354 g/mol. The van der Waals surface area contributed by atoms with Gasteiger partial charge in [0, 0.05) is 42.8 Å². The summed E-state index contributed by atoms with van der Waals surface area (Å²) >= 11 is 0. The summed E-state index contributed by atoms with van der Waals surface area (Å²) in [6.07, 6.45) is 0. The first-order valence-electron chi connectivity index (χ1n) is 8.78. The van der Waals surface area contributed by atoms with Crippen LogP contribution in [0.15, 0.2) is 48.5 Å². The highest BCUT2D eigenvalue weighted by Crippen LogP contribution is 2.18. The molecular formula is C20H26N4O2. The molecule has 0 aliphatic heterocycles. The minimum absolute atomic E-state index is 0.114. The van der Waals surface area contributed by atoms with Crippen molar-refractivity contribution in [2.24, 2.45) is 0 Å². The Morgan fingerprint density at radius 1 is 0.808 bits per heavy atom. The molecule has 2 aromatic rings. The van der Waals surface area contributed by atoms with Crippen LogP contribution in [0, 0.1) is 0 Å². The summed E-state index contributed by atoms with van der Waals surface area (Å²) in [7, 11) is 0. The zero-order chi connectivity index (χ0) is 18.9. The first-order chi connectivity index (χ1) is 12.5. The van der Waals surface area contributed by atoms with Crippen molar-refractivity contribution in [3.05, 3.63) is 48.5 Å². The minimum Gasteiger partial charge on any atom is -0.376 e. The summed E-state index contributed by atoms with van der Waals surface area (Å²) in [6, 6.07) is 15.0. The van der Waals surface area contributed by atoms with E-state index in [1.54, 1.807) is 12.1 Å². The number of hydrogen-bond donors (Lipinski definition) is 3. The molecule has 0 atom stereocenters. The van der Waals surface area contributed by atoms with Crippen molar-refractivity contribution in [2.75, 3.05) is 40.5 Å². The zero-order valence-electron chi connectivity index (χ0n) is 15.5. The predicted octanol–water partition coefficient (Wildman–Crippen LogP) is 3.54. The second-order valence-electron chi connectivity index (χ2n) is 5.88. The average molecular weight is 354 g/mol. The van der Waals surface area contributed by atoms with Gasteiger partial charge in [0.05, 0.1) is 6.54 Å². The summed E-state index contributed by atoms with van der Waals surface area (Å²) in [4.78, 5) is 25.3. The van der Waals surface area contributed by atoms with Crippen molar-refractivity contribution in [3.63, 3.8) is 0 Å². The van der Waals surface area contributed by atoms with Gasteiger partial charge in [0.25, 0.3) is 0 Å². The number of nitrogens with one attached hydrogen (secondary N) is 3. The highest BCUT2D eigenvalue weighted by molar-refractivity contribution is 5.94. The molecule has 6 heteroatoms. The summed E-state index contributed by atoms with van der Waals surface area (Å²) in [5, 5.41) is 8.64. The topological polar surface area (TPSA) is 73.5 Å². The molecule has 0 spiro atoms. The maximum atomic E-state index is 12.1. The van der Waals surface area contributed by atoms with E-state index in [4.69, 9.17) is 0 Å². The van der Waals surface area contributed by atoms with Gasteiger partial charge in [0.2, 0.25) is 11.8 Å². The Morgan fingerprint density at radius 3 is 1.85 bits per heavy atom. The fourth-order valence-corrected chi connectivity index (χ4v) is 2.61. The number of anilines is 4. The van der Waals surface area contributed by atoms with Gasteiger partial charge in [-0.05, 0) is 62.4 Å². The van der Waals surface area contributed by atoms with Gasteiger partial charge in [-0.15, -0.1) is 0 Å². The molecule has 0 saturated heterocycles. The minimum atomic E-state index is -0.119. The fourth-order valence-electron chi connectivity index (χ4n) is 2.61. The van der Waals surface area contributed by atoms with Gasteiger partial charge in [-0.1, -0.05) is 0 Å². The summed E-state index contributed by atoms with van der Waals surface area (Å²) in [5.41, 5.74) is 3.45. The Morgan fingerprint density at radius 2 is 1.31 bits per heavy atom. The lowest BCUT2D eigenvalue weighted by molar-refractivity contribution is -0.115. The molecule has 0 heterocycles. The Labute approximate surface area is 154 Å². The van der Waals surface area contributed by atoms with Crippen LogP contribution in [0.1, 0.15) is 20.8 Å². The van der Waals surface area contributed by atoms with E-state index in [9.17, 15) is 9.59 Å². The van der Waals surface area contributed by atoms with Crippen molar-refractivity contribution in [1.29, 1.82) is 0 Å². The van der Waals surface area contributed by atoms with Gasteiger partial charge in [-0.3, -0.25) is 9.59 Å². The number of carbonyl (C=O) groups excluding carboxylic acids is 2. The van der Waals surface area contributed by atoms with Crippen LogP contribution in [0.2, 0.25) is 0 Å². The maximum Gasteiger partial charge on any atom is 0.243 e. The van der Waals surface area contributed by atoms with Crippen LogP contribution in [-0.2, 0) is 9.59 Å². The number of rotatable bonds is 8. The highest BCUT2D eigenvalue weighted by Gasteiger charge is 2.05. The molecule has 26 heavy (non-hydrogen) atoms. The lowest BCUT2D eigenvalue weighted by Gasteiger charge is -2.21. The quantitative estimate of drug-likeness (QED) is 0.678. The van der Waals surface area contributed by atoms with Crippen molar-refractivity contribution in [2.45, 2.75) is 20.8 Å². The van der Waals surface area contributed by atoms with Gasteiger partial charge in [0.1, 0.15) is 0 Å². The summed E-state index contributed by atoms with van der Waals surface area (Å²) in [6.45, 7) is 7.77. The fraction of sp³-hybridized carbons (Fsp3) is 0.300. The van der Waals surface area contributed by atoms with Crippen molar-refractivity contribution < 1.29 is 9.59 Å². The van der Waals surface area contributed by atoms with Crippen LogP contribution in [0.5, 0.6) is 0 Å². The lowest BCUT2D eigenvalue weighted by Crippen LogP contribution is -2.23. The number of benzene rings is 2. The molecule has 2 aromatic carbocycles. The van der Waals surface area contributed by atoms with Crippen molar-refractivity contribution in [1.82, 2.24) is 0 Å². The van der Waals surface area contributed by atoms with Crippen LogP contribution in [0.25, 0.3) is 0 Å². The van der Waals surface area contributed by atoms with E-state index in [2.05, 4.69) is 34.7 Å². The van der Waals surface area contributed by atoms with E-state index in [1.807, 2.05) is 36.4 Å². The van der Waals surface area contributed by atoms with Crippen LogP contribution >= 0.6 is 0 Å². The third kappa shape index (κ3) is 5.81. The molecule has 2 rings (SSSR count). The average Bonchev–Trinajstić information content (AvgIpc) is 2.63. The van der Waals surface area contributed by atoms with Gasteiger partial charge < -0.3 is 20.9 Å². The number of carbonyl (C=O) groups is 2. The summed E-state index contributed by atoms with van der Waals surface area (Å²) < 4.78 is 0. The maximum absolute atomic E-state index is 12.1. The molecule has 0 bridgehead atoms. The Hall–Kier alpha value is -3.02. The molecule has 0 saturated carbocycles. The van der Waals surface area contributed by atoms with Gasteiger partial charge in [-0.2, -0.15) is 0 Å².